The number of carbonyl (C=O) groups is 2. The summed E-state index contributed by atoms with van der Waals surface area (Å²) >= 11 is 7.14. The van der Waals surface area contributed by atoms with Crippen molar-refractivity contribution in [3.05, 3.63) is 57.6 Å². The third-order valence-electron chi connectivity index (χ3n) is 4.18. The van der Waals surface area contributed by atoms with Gasteiger partial charge in [0.15, 0.2) is 5.17 Å². The molecule has 9 nitrogen and oxygen atoms in total. The van der Waals surface area contributed by atoms with Crippen molar-refractivity contribution in [1.82, 2.24) is 5.32 Å². The minimum Gasteiger partial charge on any atom is -0.378 e. The zero-order valence-electron chi connectivity index (χ0n) is 16.1. The fourth-order valence-corrected chi connectivity index (χ4v) is 3.78. The number of halogens is 1. The molecule has 1 fully saturated rings. The molecular weight excluding hydrogens is 430 g/mol. The minimum absolute atomic E-state index is 0.120. The Bertz CT molecular complexity index is 1030. The Balaban J connectivity index is 1.63. The van der Waals surface area contributed by atoms with Gasteiger partial charge in [-0.1, -0.05) is 23.4 Å². The number of nitrogens with zero attached hydrogens (tertiary/aromatic N) is 3. The number of thioether (sulfide) groups is 1. The standard InChI is InChI=1S/C19H18ClN5O4S/c1-24(2)12-5-3-11(4-6-12)21-19-23-18(27)16(30-19)10-17(26)22-15-9-13(25(28)29)7-8-14(15)20/h3-9,16H,10H2,1-2H3,(H,22,26)(H,21,23,27). The van der Waals surface area contributed by atoms with Crippen LogP contribution in [0.1, 0.15) is 6.42 Å². The lowest BCUT2D eigenvalue weighted by Crippen LogP contribution is -2.28. The number of non-ortho nitro benzene ring substituents is 1. The summed E-state index contributed by atoms with van der Waals surface area (Å²) in [7, 11) is 3.87. The summed E-state index contributed by atoms with van der Waals surface area (Å²) in [6.07, 6.45) is -0.131. The zero-order chi connectivity index (χ0) is 21.8. The van der Waals surface area contributed by atoms with Crippen molar-refractivity contribution < 1.29 is 14.5 Å². The van der Waals surface area contributed by atoms with Crippen molar-refractivity contribution in [2.45, 2.75) is 11.7 Å². The van der Waals surface area contributed by atoms with Crippen molar-refractivity contribution in [1.29, 1.82) is 0 Å². The molecular formula is C19H18ClN5O4S. The highest BCUT2D eigenvalue weighted by molar-refractivity contribution is 8.15. The molecule has 1 saturated heterocycles. The van der Waals surface area contributed by atoms with E-state index in [0.29, 0.717) is 10.9 Å². The lowest BCUT2D eigenvalue weighted by Gasteiger charge is -2.11. The van der Waals surface area contributed by atoms with Gasteiger partial charge in [0.25, 0.3) is 5.69 Å². The van der Waals surface area contributed by atoms with E-state index in [4.69, 9.17) is 11.6 Å². The molecule has 2 aromatic carbocycles. The second kappa shape index (κ2) is 9.14. The van der Waals surface area contributed by atoms with Gasteiger partial charge < -0.3 is 15.5 Å². The second-order valence-electron chi connectivity index (χ2n) is 6.60. The number of hydrogen-bond acceptors (Lipinski definition) is 7. The summed E-state index contributed by atoms with van der Waals surface area (Å²) in [5.74, 6) is -0.814. The smallest absolute Gasteiger partial charge is 0.271 e. The lowest BCUT2D eigenvalue weighted by atomic mass is 10.2. The fourth-order valence-electron chi connectivity index (χ4n) is 2.63. The largest absolute Gasteiger partial charge is 0.378 e. The lowest BCUT2D eigenvalue weighted by molar-refractivity contribution is -0.384. The van der Waals surface area contributed by atoms with Crippen molar-refractivity contribution in [3.63, 3.8) is 0 Å². The number of nitro groups is 1. The molecule has 3 rings (SSSR count). The first-order chi connectivity index (χ1) is 14.2. The Morgan fingerprint density at radius 2 is 2.00 bits per heavy atom. The third-order valence-corrected chi connectivity index (χ3v) is 5.59. The topological polar surface area (TPSA) is 117 Å². The fraction of sp³-hybridized carbons (Fsp3) is 0.211. The Morgan fingerprint density at radius 1 is 1.30 bits per heavy atom. The highest BCUT2D eigenvalue weighted by atomic mass is 35.5. The van der Waals surface area contributed by atoms with Crippen molar-refractivity contribution in [2.24, 2.45) is 4.99 Å². The molecule has 0 saturated carbocycles. The molecule has 0 aromatic heterocycles. The van der Waals surface area contributed by atoms with Gasteiger partial charge >= 0.3 is 0 Å². The summed E-state index contributed by atoms with van der Waals surface area (Å²) in [5.41, 5.74) is 1.62. The van der Waals surface area contributed by atoms with Crippen LogP contribution in [0.2, 0.25) is 5.02 Å². The summed E-state index contributed by atoms with van der Waals surface area (Å²) < 4.78 is 0. The maximum absolute atomic E-state index is 12.3. The molecule has 1 aliphatic rings. The van der Waals surface area contributed by atoms with Crippen LogP contribution in [0.15, 0.2) is 47.5 Å². The van der Waals surface area contributed by atoms with Gasteiger partial charge in [0.05, 0.1) is 21.3 Å². The molecule has 2 aromatic rings. The number of aliphatic imine (C=N–C) groups is 1. The summed E-state index contributed by atoms with van der Waals surface area (Å²) in [6.45, 7) is 0. The predicted molar refractivity (Wildman–Crippen MR) is 119 cm³/mol. The second-order valence-corrected chi connectivity index (χ2v) is 8.20. The van der Waals surface area contributed by atoms with Crippen LogP contribution in [-0.2, 0) is 9.59 Å². The maximum Gasteiger partial charge on any atom is 0.271 e. The van der Waals surface area contributed by atoms with Crippen LogP contribution >= 0.6 is 23.4 Å². The van der Waals surface area contributed by atoms with E-state index in [9.17, 15) is 19.7 Å². The molecule has 0 spiro atoms. The monoisotopic (exact) mass is 447 g/mol. The molecule has 2 amide bonds. The van der Waals surface area contributed by atoms with E-state index < -0.39 is 16.1 Å². The Kier molecular flexibility index (Phi) is 6.58. The molecule has 1 heterocycles. The van der Waals surface area contributed by atoms with E-state index in [1.54, 1.807) is 0 Å². The van der Waals surface area contributed by atoms with Gasteiger partial charge in [-0.2, -0.15) is 0 Å². The van der Waals surface area contributed by atoms with Crippen LogP contribution in [0.4, 0.5) is 22.7 Å². The van der Waals surface area contributed by atoms with E-state index in [1.807, 2.05) is 43.3 Å². The van der Waals surface area contributed by atoms with Crippen molar-refractivity contribution in [2.75, 3.05) is 24.3 Å². The molecule has 2 N–H and O–H groups in total. The third kappa shape index (κ3) is 5.28. The van der Waals surface area contributed by atoms with Crippen LogP contribution in [0.3, 0.4) is 0 Å². The highest BCUT2D eigenvalue weighted by Crippen LogP contribution is 2.29. The molecule has 1 atom stereocenters. The minimum atomic E-state index is -0.665. The average molecular weight is 448 g/mol. The van der Waals surface area contributed by atoms with Crippen LogP contribution in [0, 0.1) is 10.1 Å². The predicted octanol–water partition coefficient (Wildman–Crippen LogP) is 3.56. The highest BCUT2D eigenvalue weighted by Gasteiger charge is 2.32. The van der Waals surface area contributed by atoms with Gasteiger partial charge in [0, 0.05) is 38.3 Å². The number of hydrogen-bond donors (Lipinski definition) is 2. The molecule has 156 valence electrons. The number of amides is 2. The van der Waals surface area contributed by atoms with E-state index >= 15 is 0 Å². The van der Waals surface area contributed by atoms with Gasteiger partial charge in [0.2, 0.25) is 11.8 Å². The zero-order valence-corrected chi connectivity index (χ0v) is 17.7. The normalized spacial score (nSPS) is 17.0. The first kappa shape index (κ1) is 21.6. The van der Waals surface area contributed by atoms with Crippen LogP contribution < -0.4 is 15.5 Å². The van der Waals surface area contributed by atoms with E-state index in [-0.39, 0.29) is 28.7 Å². The van der Waals surface area contributed by atoms with Crippen LogP contribution in [0.25, 0.3) is 0 Å². The maximum atomic E-state index is 12.3. The number of carbonyl (C=O) groups excluding carboxylic acids is 2. The molecule has 0 bridgehead atoms. The van der Waals surface area contributed by atoms with Crippen molar-refractivity contribution >= 4 is 63.1 Å². The molecule has 30 heavy (non-hydrogen) atoms. The number of benzene rings is 2. The first-order valence-electron chi connectivity index (χ1n) is 8.80. The molecule has 0 radical (unpaired) electrons. The quantitative estimate of drug-likeness (QED) is 0.516. The average Bonchev–Trinajstić information content (AvgIpc) is 3.02. The first-order valence-corrected chi connectivity index (χ1v) is 10.1. The molecule has 0 aliphatic carbocycles. The number of nitro benzene ring substituents is 1. The summed E-state index contributed by atoms with van der Waals surface area (Å²) in [4.78, 5) is 41.2. The van der Waals surface area contributed by atoms with Gasteiger partial charge in [0.1, 0.15) is 5.25 Å². The van der Waals surface area contributed by atoms with E-state index in [1.165, 1.54) is 18.2 Å². The number of anilines is 2. The number of nitrogens with one attached hydrogen (secondary N) is 2. The summed E-state index contributed by atoms with van der Waals surface area (Å²) in [6, 6.07) is 11.2. The van der Waals surface area contributed by atoms with Crippen LogP contribution in [0.5, 0.6) is 0 Å². The molecule has 1 aliphatic heterocycles. The molecule has 1 unspecified atom stereocenters. The van der Waals surface area contributed by atoms with Gasteiger partial charge in [-0.25, -0.2) is 4.99 Å². The molecule has 11 heteroatoms. The van der Waals surface area contributed by atoms with Gasteiger partial charge in [-0.05, 0) is 30.3 Å². The van der Waals surface area contributed by atoms with Gasteiger partial charge in [-0.3, -0.25) is 19.7 Å². The Morgan fingerprint density at radius 3 is 2.63 bits per heavy atom. The number of amidine groups is 1. The van der Waals surface area contributed by atoms with Crippen LogP contribution in [-0.4, -0.2) is 41.3 Å². The SMILES string of the molecule is CN(C)c1ccc(N=C2NC(=O)C(CC(=O)Nc3cc([N+](=O)[O-])ccc3Cl)S2)cc1. The Hall–Kier alpha value is -3.11. The van der Waals surface area contributed by atoms with E-state index in [2.05, 4.69) is 15.6 Å². The summed E-state index contributed by atoms with van der Waals surface area (Å²) in [5, 5.41) is 16.0. The van der Waals surface area contributed by atoms with E-state index in [0.717, 1.165) is 17.4 Å². The van der Waals surface area contributed by atoms with Crippen molar-refractivity contribution in [3.8, 4) is 0 Å². The Labute approximate surface area is 181 Å². The van der Waals surface area contributed by atoms with Gasteiger partial charge in [-0.15, -0.1) is 0 Å². The number of rotatable bonds is 6.